The van der Waals surface area contributed by atoms with Crippen molar-refractivity contribution in [2.75, 3.05) is 13.1 Å². The number of imidazole rings is 1. The summed E-state index contributed by atoms with van der Waals surface area (Å²) in [6.07, 6.45) is 5.19. The number of rotatable bonds is 7. The van der Waals surface area contributed by atoms with Crippen molar-refractivity contribution in [3.8, 4) is 0 Å². The highest BCUT2D eigenvalue weighted by atomic mass is 32.2. The summed E-state index contributed by atoms with van der Waals surface area (Å²) in [6.45, 7) is 11.5. The van der Waals surface area contributed by atoms with Gasteiger partial charge in [0.15, 0.2) is 0 Å². The van der Waals surface area contributed by atoms with Crippen molar-refractivity contribution in [3.63, 3.8) is 0 Å². The van der Waals surface area contributed by atoms with Gasteiger partial charge in [0.2, 0.25) is 15.0 Å². The number of aromatic nitrogens is 2. The Bertz CT molecular complexity index is 585. The van der Waals surface area contributed by atoms with E-state index in [1.54, 1.807) is 20.0 Å². The smallest absolute Gasteiger partial charge is 0.228 e. The summed E-state index contributed by atoms with van der Waals surface area (Å²) in [5.41, 5.74) is 1.03. The summed E-state index contributed by atoms with van der Waals surface area (Å²) >= 11 is 0. The van der Waals surface area contributed by atoms with Crippen LogP contribution in [0.2, 0.25) is 0 Å². The lowest BCUT2D eigenvalue weighted by Crippen LogP contribution is -2.24. The lowest BCUT2D eigenvalue weighted by Gasteiger charge is -2.18. The average Bonchev–Trinajstić information content (AvgIpc) is 3.06. The van der Waals surface area contributed by atoms with Crippen molar-refractivity contribution in [3.05, 3.63) is 11.9 Å². The molecule has 0 unspecified atom stereocenters. The minimum absolute atomic E-state index is 0.248. The van der Waals surface area contributed by atoms with Gasteiger partial charge in [0, 0.05) is 13.1 Å². The third kappa shape index (κ3) is 3.90. The Hall–Kier alpha value is -0.880. The maximum Gasteiger partial charge on any atom is 0.228 e. The zero-order chi connectivity index (χ0) is 16.3. The molecule has 0 saturated carbocycles. The number of likely N-dealkylation sites (tertiary alicyclic amines) is 1. The molecule has 6 heteroatoms. The van der Waals surface area contributed by atoms with Gasteiger partial charge in [0.25, 0.3) is 0 Å². The quantitative estimate of drug-likeness (QED) is 0.772. The fraction of sp³-hybridized carbons (Fsp3) is 0.812. The predicted molar refractivity (Wildman–Crippen MR) is 88.5 cm³/mol. The average molecular weight is 327 g/mol. The van der Waals surface area contributed by atoms with Gasteiger partial charge in [-0.3, -0.25) is 4.90 Å². The first kappa shape index (κ1) is 17.5. The van der Waals surface area contributed by atoms with Crippen LogP contribution in [0.15, 0.2) is 11.4 Å². The van der Waals surface area contributed by atoms with Gasteiger partial charge >= 0.3 is 0 Å². The molecule has 1 aromatic heterocycles. The van der Waals surface area contributed by atoms with Crippen molar-refractivity contribution < 1.29 is 8.42 Å². The van der Waals surface area contributed by atoms with Crippen LogP contribution in [0.25, 0.3) is 0 Å². The highest BCUT2D eigenvalue weighted by molar-refractivity contribution is 7.91. The molecule has 0 bridgehead atoms. The summed E-state index contributed by atoms with van der Waals surface area (Å²) in [4.78, 5) is 6.66. The van der Waals surface area contributed by atoms with E-state index in [9.17, 15) is 8.42 Å². The van der Waals surface area contributed by atoms with E-state index in [4.69, 9.17) is 0 Å². The molecule has 1 saturated heterocycles. The summed E-state index contributed by atoms with van der Waals surface area (Å²) in [5, 5.41) is -0.190. The summed E-state index contributed by atoms with van der Waals surface area (Å²) < 4.78 is 27.0. The van der Waals surface area contributed by atoms with Crippen molar-refractivity contribution in [2.24, 2.45) is 5.92 Å². The zero-order valence-electron chi connectivity index (χ0n) is 14.2. The van der Waals surface area contributed by atoms with Crippen molar-refractivity contribution in [1.82, 2.24) is 14.5 Å². The Kier molecular flexibility index (Phi) is 5.66. The standard InChI is InChI=1S/C16H29N3O2S/c1-13(2)7-10-19-15(12-18-8-5-6-9-18)11-17-16(19)22(20,21)14(3)4/h11,13-14H,5-10,12H2,1-4H3. The molecule has 1 fully saturated rings. The highest BCUT2D eigenvalue weighted by Crippen LogP contribution is 2.21. The highest BCUT2D eigenvalue weighted by Gasteiger charge is 2.27. The Morgan fingerprint density at radius 1 is 1.18 bits per heavy atom. The number of hydrogen-bond acceptors (Lipinski definition) is 4. The van der Waals surface area contributed by atoms with E-state index in [1.165, 1.54) is 12.8 Å². The van der Waals surface area contributed by atoms with E-state index in [0.29, 0.717) is 5.92 Å². The number of sulfone groups is 1. The second-order valence-electron chi connectivity index (χ2n) is 6.94. The Labute approximate surface area is 134 Å². The first-order valence-corrected chi connectivity index (χ1v) is 9.87. The molecule has 0 atom stereocenters. The minimum Gasteiger partial charge on any atom is -0.318 e. The fourth-order valence-electron chi connectivity index (χ4n) is 2.75. The summed E-state index contributed by atoms with van der Waals surface area (Å²) in [6, 6.07) is 0. The van der Waals surface area contributed by atoms with Gasteiger partial charge in [-0.1, -0.05) is 13.8 Å². The lowest BCUT2D eigenvalue weighted by atomic mass is 10.1. The molecule has 5 nitrogen and oxygen atoms in total. The van der Waals surface area contributed by atoms with E-state index in [-0.39, 0.29) is 5.16 Å². The third-order valence-corrected chi connectivity index (χ3v) is 6.37. The zero-order valence-corrected chi connectivity index (χ0v) is 15.1. The molecule has 1 aromatic rings. The van der Waals surface area contributed by atoms with E-state index in [0.717, 1.165) is 38.3 Å². The molecule has 0 aromatic carbocycles. The van der Waals surface area contributed by atoms with Crippen molar-refractivity contribution in [2.45, 2.75) is 70.5 Å². The van der Waals surface area contributed by atoms with Gasteiger partial charge in [0.05, 0.1) is 17.1 Å². The van der Waals surface area contributed by atoms with Crippen LogP contribution in [0, 0.1) is 5.92 Å². The van der Waals surface area contributed by atoms with Crippen LogP contribution in [0.1, 0.15) is 52.7 Å². The number of nitrogens with zero attached hydrogens (tertiary/aromatic N) is 3. The summed E-state index contributed by atoms with van der Waals surface area (Å²) in [5.74, 6) is 0.539. The molecule has 22 heavy (non-hydrogen) atoms. The molecule has 126 valence electrons. The van der Waals surface area contributed by atoms with Crippen LogP contribution in [0.5, 0.6) is 0 Å². The minimum atomic E-state index is -3.33. The maximum atomic E-state index is 12.6. The summed E-state index contributed by atoms with van der Waals surface area (Å²) in [7, 11) is -3.33. The van der Waals surface area contributed by atoms with Crippen molar-refractivity contribution in [1.29, 1.82) is 0 Å². The van der Waals surface area contributed by atoms with E-state index < -0.39 is 15.1 Å². The van der Waals surface area contributed by atoms with Crippen molar-refractivity contribution >= 4 is 9.84 Å². The lowest BCUT2D eigenvalue weighted by molar-refractivity contribution is 0.317. The Balaban J connectivity index is 2.30. The molecular formula is C16H29N3O2S. The van der Waals surface area contributed by atoms with Gasteiger partial charge in [-0.15, -0.1) is 0 Å². The van der Waals surface area contributed by atoms with Crippen LogP contribution in [0.4, 0.5) is 0 Å². The van der Waals surface area contributed by atoms with Crippen LogP contribution < -0.4 is 0 Å². The van der Waals surface area contributed by atoms with E-state index >= 15 is 0 Å². The SMILES string of the molecule is CC(C)CCn1c(CN2CCCC2)cnc1S(=O)(=O)C(C)C. The Morgan fingerprint density at radius 2 is 1.82 bits per heavy atom. The van der Waals surface area contributed by atoms with Crippen LogP contribution in [-0.4, -0.2) is 41.2 Å². The Morgan fingerprint density at radius 3 is 2.36 bits per heavy atom. The maximum absolute atomic E-state index is 12.6. The van der Waals surface area contributed by atoms with Crippen LogP contribution in [0.3, 0.4) is 0 Å². The van der Waals surface area contributed by atoms with Gasteiger partial charge in [-0.25, -0.2) is 13.4 Å². The van der Waals surface area contributed by atoms with Gasteiger partial charge < -0.3 is 4.57 Å². The fourth-order valence-corrected chi connectivity index (χ4v) is 3.89. The molecule has 1 aliphatic rings. The molecular weight excluding hydrogens is 298 g/mol. The second-order valence-corrected chi connectivity index (χ2v) is 9.34. The normalized spacial score (nSPS) is 17.0. The second kappa shape index (κ2) is 7.13. The molecule has 0 spiro atoms. The monoisotopic (exact) mass is 327 g/mol. The van der Waals surface area contributed by atoms with E-state index in [1.807, 2.05) is 4.57 Å². The molecule has 0 N–H and O–H groups in total. The first-order valence-electron chi connectivity index (χ1n) is 8.33. The van der Waals surface area contributed by atoms with Crippen LogP contribution >= 0.6 is 0 Å². The van der Waals surface area contributed by atoms with Gasteiger partial charge in [0.1, 0.15) is 0 Å². The van der Waals surface area contributed by atoms with Gasteiger partial charge in [-0.2, -0.15) is 0 Å². The van der Waals surface area contributed by atoms with E-state index in [2.05, 4.69) is 23.7 Å². The predicted octanol–water partition coefficient (Wildman–Crippen LogP) is 2.71. The topological polar surface area (TPSA) is 55.2 Å². The van der Waals surface area contributed by atoms with Gasteiger partial charge in [-0.05, 0) is 52.1 Å². The molecule has 1 aliphatic heterocycles. The molecule has 0 aliphatic carbocycles. The third-order valence-electron chi connectivity index (χ3n) is 4.29. The first-order chi connectivity index (χ1) is 10.3. The molecule has 0 amide bonds. The number of hydrogen-bond donors (Lipinski definition) is 0. The molecule has 2 rings (SSSR count). The molecule has 2 heterocycles. The largest absolute Gasteiger partial charge is 0.318 e. The van der Waals surface area contributed by atoms with Crippen LogP contribution in [-0.2, 0) is 22.9 Å². The molecule has 0 radical (unpaired) electrons.